The van der Waals surface area contributed by atoms with Crippen LogP contribution in [0.4, 0.5) is 0 Å². The van der Waals surface area contributed by atoms with E-state index < -0.39 is 12.6 Å². The van der Waals surface area contributed by atoms with Gasteiger partial charge in [0.05, 0.1) is 0 Å². The molecule has 2 N–H and O–H groups in total. The summed E-state index contributed by atoms with van der Waals surface area (Å²) in [5.74, 6) is 0. The van der Waals surface area contributed by atoms with E-state index in [9.17, 15) is 0 Å². The van der Waals surface area contributed by atoms with E-state index in [4.69, 9.17) is 10.2 Å². The molecule has 0 radical (unpaired) electrons. The van der Waals surface area contributed by atoms with Gasteiger partial charge in [0.1, 0.15) is 0 Å². The maximum absolute atomic E-state index is 9.09. The summed E-state index contributed by atoms with van der Waals surface area (Å²) in [5, 5.41) is 18.2. The Balaban J connectivity index is 4.17. The van der Waals surface area contributed by atoms with Crippen molar-refractivity contribution in [1.29, 1.82) is 0 Å². The number of methoxy groups -OCH3 is 2. The molecule has 0 saturated heterocycles. The topological polar surface area (TPSA) is 58.9 Å². The van der Waals surface area contributed by atoms with E-state index in [0.29, 0.717) is 5.57 Å². The Bertz CT molecular complexity index is 120. The Labute approximate surface area is 66.1 Å². The van der Waals surface area contributed by atoms with Gasteiger partial charge in [0.15, 0.2) is 12.6 Å². The molecule has 0 fully saturated rings. The van der Waals surface area contributed by atoms with Gasteiger partial charge in [-0.05, 0) is 6.92 Å². The second-order valence-corrected chi connectivity index (χ2v) is 1.96. The molecule has 0 bridgehead atoms. The van der Waals surface area contributed by atoms with Gasteiger partial charge in [-0.25, -0.2) is 0 Å². The van der Waals surface area contributed by atoms with Crippen molar-refractivity contribution in [2.45, 2.75) is 19.5 Å². The number of aliphatic hydroxyl groups excluding tert-OH is 2. The molecule has 0 aromatic carbocycles. The molecule has 4 heteroatoms. The normalized spacial score (nSPS) is 15.7. The molecule has 0 aliphatic rings. The third kappa shape index (κ3) is 2.98. The molecule has 0 amide bonds. The van der Waals surface area contributed by atoms with E-state index >= 15 is 0 Å². The van der Waals surface area contributed by atoms with Crippen LogP contribution in [-0.4, -0.2) is 37.0 Å². The van der Waals surface area contributed by atoms with Crippen molar-refractivity contribution in [2.75, 3.05) is 14.2 Å². The molecular weight excluding hydrogens is 148 g/mol. The van der Waals surface area contributed by atoms with Gasteiger partial charge in [-0.2, -0.15) is 0 Å². The smallest absolute Gasteiger partial charge is 0.181 e. The van der Waals surface area contributed by atoms with E-state index in [2.05, 4.69) is 9.47 Å². The summed E-state index contributed by atoms with van der Waals surface area (Å²) in [5.41, 5.74) is 0.301. The zero-order valence-corrected chi connectivity index (χ0v) is 6.94. The lowest BCUT2D eigenvalue weighted by Gasteiger charge is -2.16. The highest BCUT2D eigenvalue weighted by atomic mass is 16.6. The number of ether oxygens (including phenoxy) is 2. The van der Waals surface area contributed by atoms with Gasteiger partial charge in [-0.3, -0.25) is 0 Å². The molecule has 2 atom stereocenters. The van der Waals surface area contributed by atoms with Gasteiger partial charge in [0.25, 0.3) is 0 Å². The third-order valence-electron chi connectivity index (χ3n) is 1.35. The fourth-order valence-electron chi connectivity index (χ4n) is 0.679. The molecule has 0 aromatic heterocycles. The number of hydrogen-bond donors (Lipinski definition) is 2. The predicted octanol–water partition coefficient (Wildman–Crippen LogP) is -0.138. The standard InChI is InChI=1S/C7H14O4/c1-4-5(6(8)10-2)7(9)11-3/h4,6-9H,1-3H3. The van der Waals surface area contributed by atoms with Crippen LogP contribution in [-0.2, 0) is 9.47 Å². The largest absolute Gasteiger partial charge is 0.364 e. The molecule has 0 spiro atoms. The first kappa shape index (κ1) is 10.6. The summed E-state index contributed by atoms with van der Waals surface area (Å²) >= 11 is 0. The van der Waals surface area contributed by atoms with Gasteiger partial charge >= 0.3 is 0 Å². The van der Waals surface area contributed by atoms with E-state index in [1.807, 2.05) is 0 Å². The van der Waals surface area contributed by atoms with Crippen molar-refractivity contribution in [2.24, 2.45) is 0 Å². The third-order valence-corrected chi connectivity index (χ3v) is 1.35. The molecule has 0 heterocycles. The average Bonchev–Trinajstić information content (AvgIpc) is 2.05. The molecule has 2 unspecified atom stereocenters. The predicted molar refractivity (Wildman–Crippen MR) is 39.8 cm³/mol. The van der Waals surface area contributed by atoms with E-state index in [-0.39, 0.29) is 0 Å². The quantitative estimate of drug-likeness (QED) is 0.446. The van der Waals surface area contributed by atoms with Crippen molar-refractivity contribution in [3.8, 4) is 0 Å². The number of aliphatic hydroxyl groups is 2. The Morgan fingerprint density at radius 3 is 1.73 bits per heavy atom. The van der Waals surface area contributed by atoms with Crippen LogP contribution in [0.3, 0.4) is 0 Å². The second kappa shape index (κ2) is 5.26. The highest BCUT2D eigenvalue weighted by Gasteiger charge is 2.16. The lowest BCUT2D eigenvalue weighted by Crippen LogP contribution is -2.24. The summed E-state index contributed by atoms with van der Waals surface area (Å²) < 4.78 is 9.15. The molecule has 0 aromatic rings. The van der Waals surface area contributed by atoms with Crippen molar-refractivity contribution in [3.05, 3.63) is 11.6 Å². The lowest BCUT2D eigenvalue weighted by molar-refractivity contribution is -0.106. The molecule has 0 rings (SSSR count). The SMILES string of the molecule is CC=C(C(O)OC)C(O)OC. The molecule has 0 saturated carbocycles. The minimum atomic E-state index is -1.10. The molecule has 66 valence electrons. The van der Waals surface area contributed by atoms with Crippen LogP contribution in [0.2, 0.25) is 0 Å². The molecule has 4 nitrogen and oxygen atoms in total. The monoisotopic (exact) mass is 162 g/mol. The average molecular weight is 162 g/mol. The van der Waals surface area contributed by atoms with E-state index in [1.54, 1.807) is 13.0 Å². The zero-order valence-electron chi connectivity index (χ0n) is 6.94. The summed E-state index contributed by atoms with van der Waals surface area (Å²) in [6.07, 6.45) is -0.660. The summed E-state index contributed by atoms with van der Waals surface area (Å²) in [6.45, 7) is 1.68. The van der Waals surface area contributed by atoms with Crippen LogP contribution >= 0.6 is 0 Å². The highest BCUT2D eigenvalue weighted by molar-refractivity contribution is 5.06. The van der Waals surface area contributed by atoms with Crippen LogP contribution in [0.1, 0.15) is 6.92 Å². The molecular formula is C7H14O4. The van der Waals surface area contributed by atoms with Crippen LogP contribution in [0, 0.1) is 0 Å². The molecule has 0 aliphatic carbocycles. The maximum atomic E-state index is 9.09. The number of hydrogen-bond acceptors (Lipinski definition) is 4. The van der Waals surface area contributed by atoms with Crippen molar-refractivity contribution >= 4 is 0 Å². The van der Waals surface area contributed by atoms with Crippen LogP contribution in [0.15, 0.2) is 11.6 Å². The Morgan fingerprint density at radius 2 is 1.55 bits per heavy atom. The maximum Gasteiger partial charge on any atom is 0.181 e. The number of allylic oxidation sites excluding steroid dienone is 1. The van der Waals surface area contributed by atoms with Gasteiger partial charge in [0.2, 0.25) is 0 Å². The minimum Gasteiger partial charge on any atom is -0.364 e. The van der Waals surface area contributed by atoms with Crippen LogP contribution in [0.25, 0.3) is 0 Å². The first-order chi connectivity index (χ1) is 5.17. The first-order valence-corrected chi connectivity index (χ1v) is 3.25. The van der Waals surface area contributed by atoms with Gasteiger partial charge < -0.3 is 19.7 Å². The second-order valence-electron chi connectivity index (χ2n) is 1.96. The summed E-state index contributed by atoms with van der Waals surface area (Å²) in [6, 6.07) is 0. The summed E-state index contributed by atoms with van der Waals surface area (Å²) in [7, 11) is 2.69. The zero-order chi connectivity index (χ0) is 8.85. The van der Waals surface area contributed by atoms with E-state index in [1.165, 1.54) is 14.2 Å². The molecule has 0 aliphatic heterocycles. The highest BCUT2D eigenvalue weighted by Crippen LogP contribution is 2.08. The van der Waals surface area contributed by atoms with Crippen molar-refractivity contribution < 1.29 is 19.7 Å². The van der Waals surface area contributed by atoms with E-state index in [0.717, 1.165) is 0 Å². The van der Waals surface area contributed by atoms with Crippen molar-refractivity contribution in [3.63, 3.8) is 0 Å². The summed E-state index contributed by atoms with van der Waals surface area (Å²) in [4.78, 5) is 0. The first-order valence-electron chi connectivity index (χ1n) is 3.25. The molecule has 11 heavy (non-hydrogen) atoms. The van der Waals surface area contributed by atoms with Crippen LogP contribution < -0.4 is 0 Å². The van der Waals surface area contributed by atoms with Gasteiger partial charge in [-0.1, -0.05) is 6.08 Å². The fourth-order valence-corrected chi connectivity index (χ4v) is 0.679. The van der Waals surface area contributed by atoms with Crippen molar-refractivity contribution in [1.82, 2.24) is 0 Å². The Kier molecular flexibility index (Phi) is 5.06. The fraction of sp³-hybridized carbons (Fsp3) is 0.714. The Morgan fingerprint density at radius 1 is 1.18 bits per heavy atom. The minimum absolute atomic E-state index is 0.301. The van der Waals surface area contributed by atoms with Gasteiger partial charge in [0, 0.05) is 19.8 Å². The number of rotatable bonds is 4. The van der Waals surface area contributed by atoms with Crippen LogP contribution in [0.5, 0.6) is 0 Å². The lowest BCUT2D eigenvalue weighted by atomic mass is 10.2. The van der Waals surface area contributed by atoms with Gasteiger partial charge in [-0.15, -0.1) is 0 Å². The Hall–Kier alpha value is -0.420.